The maximum Gasteiger partial charge on any atom is 0.331 e. The van der Waals surface area contributed by atoms with Gasteiger partial charge >= 0.3 is 5.69 Å². The second-order valence-corrected chi connectivity index (χ2v) is 7.58. The lowest BCUT2D eigenvalue weighted by molar-refractivity contribution is -0.124. The molecule has 1 N–H and O–H groups in total. The van der Waals surface area contributed by atoms with E-state index in [4.69, 9.17) is 0 Å². The number of aromatic nitrogens is 2. The van der Waals surface area contributed by atoms with E-state index >= 15 is 0 Å². The van der Waals surface area contributed by atoms with Crippen molar-refractivity contribution >= 4 is 16.8 Å². The molecule has 1 heterocycles. The van der Waals surface area contributed by atoms with Crippen LogP contribution in [-0.2, 0) is 24.8 Å². The van der Waals surface area contributed by atoms with Gasteiger partial charge in [0, 0.05) is 20.0 Å². The van der Waals surface area contributed by atoms with Crippen molar-refractivity contribution in [2.75, 3.05) is 0 Å². The van der Waals surface area contributed by atoms with Crippen LogP contribution in [0.5, 0.6) is 0 Å². The van der Waals surface area contributed by atoms with E-state index in [1.165, 1.54) is 16.7 Å². The Morgan fingerprint density at radius 3 is 2.28 bits per heavy atom. The van der Waals surface area contributed by atoms with Crippen LogP contribution in [0.3, 0.4) is 0 Å². The van der Waals surface area contributed by atoms with Crippen molar-refractivity contribution in [3.8, 4) is 0 Å². The normalized spacial score (nSPS) is 11.9. The van der Waals surface area contributed by atoms with Crippen molar-refractivity contribution in [2.24, 2.45) is 7.05 Å². The summed E-state index contributed by atoms with van der Waals surface area (Å²) in [7, 11) is 1.58. The molecule has 0 saturated heterocycles. The molecule has 1 aromatic heterocycles. The van der Waals surface area contributed by atoms with Crippen LogP contribution >= 0.6 is 0 Å². The van der Waals surface area contributed by atoms with Gasteiger partial charge < -0.3 is 5.32 Å². The predicted octanol–water partition coefficient (Wildman–Crippen LogP) is 2.94. The highest BCUT2D eigenvalue weighted by molar-refractivity contribution is 5.82. The van der Waals surface area contributed by atoms with Gasteiger partial charge in [-0.3, -0.25) is 14.2 Å². The molecule has 3 aromatic carbocycles. The number of hydrogen-bond acceptors (Lipinski definition) is 3. The summed E-state index contributed by atoms with van der Waals surface area (Å²) in [5, 5.41) is 3.15. The lowest BCUT2D eigenvalue weighted by Gasteiger charge is -2.20. The van der Waals surface area contributed by atoms with E-state index in [0.29, 0.717) is 16.5 Å². The number of nitrogens with one attached hydrogen (secondary N) is 1. The molecule has 0 aliphatic heterocycles. The van der Waals surface area contributed by atoms with Crippen LogP contribution in [0.2, 0.25) is 0 Å². The van der Waals surface area contributed by atoms with Gasteiger partial charge in [-0.05, 0) is 35.4 Å². The van der Waals surface area contributed by atoms with Crippen LogP contribution in [-0.4, -0.2) is 15.0 Å². The van der Waals surface area contributed by atoms with Gasteiger partial charge in [0.2, 0.25) is 5.91 Å². The minimum absolute atomic E-state index is 0.146. The second kappa shape index (κ2) is 9.01. The van der Waals surface area contributed by atoms with Crippen molar-refractivity contribution in [3.05, 3.63) is 117 Å². The van der Waals surface area contributed by atoms with E-state index in [9.17, 15) is 18.8 Å². The Bertz CT molecular complexity index is 1380. The Morgan fingerprint density at radius 2 is 1.56 bits per heavy atom. The fourth-order valence-corrected chi connectivity index (χ4v) is 3.75. The zero-order chi connectivity index (χ0) is 22.7. The van der Waals surface area contributed by atoms with Gasteiger partial charge in [-0.1, -0.05) is 54.6 Å². The fourth-order valence-electron chi connectivity index (χ4n) is 3.75. The van der Waals surface area contributed by atoms with Crippen LogP contribution in [0.1, 0.15) is 17.2 Å². The number of rotatable bonds is 6. The summed E-state index contributed by atoms with van der Waals surface area (Å²) in [6.45, 7) is 0.146. The smallest absolute Gasteiger partial charge is 0.331 e. The topological polar surface area (TPSA) is 73.1 Å². The largest absolute Gasteiger partial charge is 0.350 e. The Labute approximate surface area is 183 Å². The van der Waals surface area contributed by atoms with E-state index in [2.05, 4.69) is 5.32 Å². The highest BCUT2D eigenvalue weighted by Gasteiger charge is 2.26. The Hall–Kier alpha value is -4.00. The first kappa shape index (κ1) is 21.2. The monoisotopic (exact) mass is 431 g/mol. The first-order valence-corrected chi connectivity index (χ1v) is 10.2. The quantitative estimate of drug-likeness (QED) is 0.510. The van der Waals surface area contributed by atoms with Crippen molar-refractivity contribution in [1.29, 1.82) is 0 Å². The molecule has 6 nitrogen and oxygen atoms in total. The lowest BCUT2D eigenvalue weighted by atomic mass is 10.0. The second-order valence-electron chi connectivity index (χ2n) is 7.58. The summed E-state index contributed by atoms with van der Waals surface area (Å²) < 4.78 is 15.6. The van der Waals surface area contributed by atoms with E-state index in [0.717, 1.165) is 10.1 Å². The highest BCUT2D eigenvalue weighted by Crippen LogP contribution is 2.15. The standard InChI is InChI=1S/C25H22FN3O3/c1-28-21-10-6-5-9-20(21)24(31)29(25(28)32)22(15-17-7-3-2-4-8-17)23(30)27-16-18-11-13-19(26)14-12-18/h2-14,22H,15-16H2,1H3,(H,27,30)/t22-/m0/s1. The number of amides is 1. The summed E-state index contributed by atoms with van der Waals surface area (Å²) in [6, 6.07) is 20.8. The van der Waals surface area contributed by atoms with Crippen LogP contribution in [0.4, 0.5) is 4.39 Å². The molecule has 0 saturated carbocycles. The number of nitrogens with zero attached hydrogens (tertiary/aromatic N) is 2. The molecule has 0 fully saturated rings. The van der Waals surface area contributed by atoms with Gasteiger partial charge in [-0.2, -0.15) is 0 Å². The van der Waals surface area contributed by atoms with Crippen LogP contribution in [0, 0.1) is 5.82 Å². The summed E-state index contributed by atoms with van der Waals surface area (Å²) in [5.74, 6) is -0.832. The maximum atomic E-state index is 13.3. The third-order valence-electron chi connectivity index (χ3n) is 5.47. The number of para-hydroxylation sites is 1. The number of hydrogen-bond donors (Lipinski definition) is 1. The molecule has 1 amide bonds. The summed E-state index contributed by atoms with van der Waals surface area (Å²) in [4.78, 5) is 39.7. The number of carbonyl (C=O) groups is 1. The molecule has 7 heteroatoms. The molecule has 32 heavy (non-hydrogen) atoms. The van der Waals surface area contributed by atoms with Crippen LogP contribution in [0.15, 0.2) is 88.5 Å². The summed E-state index contributed by atoms with van der Waals surface area (Å²) in [6.07, 6.45) is 0.170. The zero-order valence-electron chi connectivity index (χ0n) is 17.5. The van der Waals surface area contributed by atoms with E-state index in [1.54, 1.807) is 43.4 Å². The van der Waals surface area contributed by atoms with Crippen molar-refractivity contribution in [2.45, 2.75) is 19.0 Å². The molecular weight excluding hydrogens is 409 g/mol. The Balaban J connectivity index is 1.76. The van der Waals surface area contributed by atoms with Crippen molar-refractivity contribution in [3.63, 3.8) is 0 Å². The number of carbonyl (C=O) groups excluding carboxylic acids is 1. The minimum atomic E-state index is -1.05. The molecule has 1 atom stereocenters. The summed E-state index contributed by atoms with van der Waals surface area (Å²) in [5.41, 5.74) is 0.950. The third-order valence-corrected chi connectivity index (χ3v) is 5.47. The van der Waals surface area contributed by atoms with Gasteiger partial charge in [0.1, 0.15) is 11.9 Å². The first-order chi connectivity index (χ1) is 15.5. The number of fused-ring (bicyclic) bond motifs is 1. The average Bonchev–Trinajstić information content (AvgIpc) is 2.82. The molecule has 4 rings (SSSR count). The molecule has 0 aliphatic carbocycles. The van der Waals surface area contributed by atoms with E-state index < -0.39 is 23.2 Å². The molecule has 0 spiro atoms. The third kappa shape index (κ3) is 4.23. The molecule has 0 bridgehead atoms. The Kier molecular flexibility index (Phi) is 5.98. The molecule has 162 valence electrons. The molecule has 0 aliphatic rings. The van der Waals surface area contributed by atoms with Gasteiger partial charge in [0.15, 0.2) is 0 Å². The van der Waals surface area contributed by atoms with E-state index in [-0.39, 0.29) is 18.8 Å². The average molecular weight is 431 g/mol. The minimum Gasteiger partial charge on any atom is -0.350 e. The van der Waals surface area contributed by atoms with E-state index in [1.807, 2.05) is 30.3 Å². The highest BCUT2D eigenvalue weighted by atomic mass is 19.1. The number of aryl methyl sites for hydroxylation is 1. The SMILES string of the molecule is Cn1c(=O)n([C@@H](Cc2ccccc2)C(=O)NCc2ccc(F)cc2)c(=O)c2ccccc21. The van der Waals surface area contributed by atoms with Gasteiger partial charge in [-0.25, -0.2) is 13.8 Å². The van der Waals surface area contributed by atoms with Crippen LogP contribution in [0.25, 0.3) is 10.9 Å². The number of benzene rings is 3. The van der Waals surface area contributed by atoms with Gasteiger partial charge in [0.25, 0.3) is 5.56 Å². The molecular formula is C25H22FN3O3. The van der Waals surface area contributed by atoms with Gasteiger partial charge in [0.05, 0.1) is 10.9 Å². The first-order valence-electron chi connectivity index (χ1n) is 10.2. The Morgan fingerprint density at radius 1 is 0.906 bits per heavy atom. The fraction of sp³-hybridized carbons (Fsp3) is 0.160. The molecule has 0 unspecified atom stereocenters. The number of halogens is 1. The summed E-state index contributed by atoms with van der Waals surface area (Å²) >= 11 is 0. The van der Waals surface area contributed by atoms with Gasteiger partial charge in [-0.15, -0.1) is 0 Å². The van der Waals surface area contributed by atoms with Crippen molar-refractivity contribution in [1.82, 2.24) is 14.5 Å². The predicted molar refractivity (Wildman–Crippen MR) is 121 cm³/mol. The lowest BCUT2D eigenvalue weighted by Crippen LogP contribution is -2.47. The van der Waals surface area contributed by atoms with Crippen LogP contribution < -0.4 is 16.6 Å². The van der Waals surface area contributed by atoms with Crippen molar-refractivity contribution < 1.29 is 9.18 Å². The molecule has 4 aromatic rings. The molecule has 0 radical (unpaired) electrons. The maximum absolute atomic E-state index is 13.3. The zero-order valence-corrected chi connectivity index (χ0v) is 17.5.